The molecule has 1 fully saturated rings. The van der Waals surface area contributed by atoms with Crippen LogP contribution in [0.1, 0.15) is 61.9 Å². The smallest absolute Gasteiger partial charge is 0.176 e. The van der Waals surface area contributed by atoms with Crippen molar-refractivity contribution < 1.29 is 4.79 Å². The van der Waals surface area contributed by atoms with Gasteiger partial charge in [-0.2, -0.15) is 0 Å². The van der Waals surface area contributed by atoms with Crippen LogP contribution in [0.2, 0.25) is 0 Å². The number of aryl methyl sites for hydroxylation is 1. The molecule has 2 nitrogen and oxygen atoms in total. The highest BCUT2D eigenvalue weighted by Crippen LogP contribution is 2.24. The monoisotopic (exact) mass is 287 g/mol. The van der Waals surface area contributed by atoms with E-state index in [0.717, 1.165) is 12.1 Å². The van der Waals surface area contributed by atoms with Crippen LogP contribution in [-0.2, 0) is 0 Å². The number of benzene rings is 1. The number of ketones is 1. The summed E-state index contributed by atoms with van der Waals surface area (Å²) in [5.41, 5.74) is 2.06. The molecule has 2 heteroatoms. The summed E-state index contributed by atoms with van der Waals surface area (Å²) in [7, 11) is 0. The molecular formula is C19H29NO. The number of carbonyl (C=O) groups excluding carboxylic acids is 1. The summed E-state index contributed by atoms with van der Waals surface area (Å²) in [6, 6.07) is 8.61. The van der Waals surface area contributed by atoms with Crippen LogP contribution >= 0.6 is 0 Å². The van der Waals surface area contributed by atoms with Crippen LogP contribution in [0.4, 0.5) is 0 Å². The maximum absolute atomic E-state index is 12.5. The predicted octanol–water partition coefficient (Wildman–Crippen LogP) is 4.47. The fourth-order valence-corrected chi connectivity index (χ4v) is 3.10. The third kappa shape index (κ3) is 4.96. The first-order chi connectivity index (χ1) is 10.1. The maximum Gasteiger partial charge on any atom is 0.176 e. The second kappa shape index (κ2) is 7.74. The van der Waals surface area contributed by atoms with Crippen LogP contribution in [0.15, 0.2) is 24.3 Å². The van der Waals surface area contributed by atoms with E-state index in [-0.39, 0.29) is 5.78 Å². The lowest BCUT2D eigenvalue weighted by Gasteiger charge is -2.28. The van der Waals surface area contributed by atoms with Crippen LogP contribution < -0.4 is 0 Å². The lowest BCUT2D eigenvalue weighted by Crippen LogP contribution is -2.38. The molecule has 1 saturated carbocycles. The molecule has 0 amide bonds. The Labute approximate surface area is 129 Å². The molecule has 0 heterocycles. The first-order valence-corrected chi connectivity index (χ1v) is 8.40. The van der Waals surface area contributed by atoms with Crippen molar-refractivity contribution in [2.45, 2.75) is 58.9 Å². The van der Waals surface area contributed by atoms with Crippen molar-refractivity contribution in [2.24, 2.45) is 5.92 Å². The molecule has 0 aromatic heterocycles. The van der Waals surface area contributed by atoms with E-state index in [4.69, 9.17) is 0 Å². The van der Waals surface area contributed by atoms with E-state index in [1.807, 2.05) is 24.3 Å². The van der Waals surface area contributed by atoms with E-state index < -0.39 is 0 Å². The molecule has 0 N–H and O–H groups in total. The Balaban J connectivity index is 1.99. The summed E-state index contributed by atoms with van der Waals surface area (Å²) < 4.78 is 0. The van der Waals surface area contributed by atoms with Crippen molar-refractivity contribution in [1.82, 2.24) is 4.90 Å². The molecule has 0 spiro atoms. The summed E-state index contributed by atoms with van der Waals surface area (Å²) in [4.78, 5) is 15.0. The van der Waals surface area contributed by atoms with E-state index in [0.29, 0.717) is 18.5 Å². The van der Waals surface area contributed by atoms with Gasteiger partial charge in [0.2, 0.25) is 0 Å². The molecule has 2 rings (SSSR count). The Morgan fingerprint density at radius 3 is 2.38 bits per heavy atom. The second-order valence-corrected chi connectivity index (χ2v) is 6.88. The number of carbonyl (C=O) groups is 1. The minimum absolute atomic E-state index is 0.269. The van der Waals surface area contributed by atoms with Crippen molar-refractivity contribution >= 4 is 5.78 Å². The van der Waals surface area contributed by atoms with Crippen LogP contribution in [-0.4, -0.2) is 29.8 Å². The van der Waals surface area contributed by atoms with Gasteiger partial charge in [-0.1, -0.05) is 56.5 Å². The number of Topliss-reactive ketones (excluding diaryl/α,β-unsaturated/α-hetero) is 1. The van der Waals surface area contributed by atoms with Gasteiger partial charge in [-0.25, -0.2) is 0 Å². The summed E-state index contributed by atoms with van der Waals surface area (Å²) >= 11 is 0. The van der Waals surface area contributed by atoms with E-state index >= 15 is 0 Å². The maximum atomic E-state index is 12.5. The molecule has 0 bridgehead atoms. The zero-order valence-electron chi connectivity index (χ0n) is 13.8. The first-order valence-electron chi connectivity index (χ1n) is 8.40. The van der Waals surface area contributed by atoms with Gasteiger partial charge in [0.15, 0.2) is 5.78 Å². The van der Waals surface area contributed by atoms with E-state index in [1.54, 1.807) is 0 Å². The standard InChI is InChI=1S/C19H29NO/c1-15(2)12-13-20(18-6-4-5-7-18)14-19(21)17-10-8-16(3)9-11-17/h8-11,15,18H,4-7,12-14H2,1-3H3. The quantitative estimate of drug-likeness (QED) is 0.690. The van der Waals surface area contributed by atoms with Crippen molar-refractivity contribution in [2.75, 3.05) is 13.1 Å². The SMILES string of the molecule is Cc1ccc(C(=O)CN(CCC(C)C)C2CCCC2)cc1. The van der Waals surface area contributed by atoms with Crippen molar-refractivity contribution in [3.8, 4) is 0 Å². The van der Waals surface area contributed by atoms with Gasteiger partial charge < -0.3 is 0 Å². The third-order valence-corrected chi connectivity index (χ3v) is 4.55. The minimum atomic E-state index is 0.269. The molecule has 116 valence electrons. The molecule has 0 radical (unpaired) electrons. The second-order valence-electron chi connectivity index (χ2n) is 6.88. The van der Waals surface area contributed by atoms with Gasteiger partial charge in [-0.15, -0.1) is 0 Å². The Bertz CT molecular complexity index is 443. The van der Waals surface area contributed by atoms with E-state index in [2.05, 4.69) is 25.7 Å². The molecule has 21 heavy (non-hydrogen) atoms. The molecule has 0 aliphatic heterocycles. The van der Waals surface area contributed by atoms with Crippen LogP contribution in [0.3, 0.4) is 0 Å². The van der Waals surface area contributed by atoms with Gasteiger partial charge in [0.1, 0.15) is 0 Å². The highest BCUT2D eigenvalue weighted by atomic mass is 16.1. The Kier molecular flexibility index (Phi) is 5.98. The molecule has 1 aromatic carbocycles. The highest BCUT2D eigenvalue weighted by Gasteiger charge is 2.24. The first kappa shape index (κ1) is 16.2. The predicted molar refractivity (Wildman–Crippen MR) is 88.8 cm³/mol. The molecular weight excluding hydrogens is 258 g/mol. The number of hydrogen-bond acceptors (Lipinski definition) is 2. The van der Waals surface area contributed by atoms with Gasteiger partial charge in [0.25, 0.3) is 0 Å². The van der Waals surface area contributed by atoms with Gasteiger partial charge in [-0.05, 0) is 38.6 Å². The zero-order chi connectivity index (χ0) is 15.2. The lowest BCUT2D eigenvalue weighted by atomic mass is 10.1. The Morgan fingerprint density at radius 1 is 1.19 bits per heavy atom. The topological polar surface area (TPSA) is 20.3 Å². The van der Waals surface area contributed by atoms with Crippen LogP contribution in [0.5, 0.6) is 0 Å². The molecule has 1 aliphatic rings. The molecule has 0 unspecified atom stereocenters. The summed E-state index contributed by atoms with van der Waals surface area (Å²) in [5, 5.41) is 0. The molecule has 0 atom stereocenters. The van der Waals surface area contributed by atoms with Gasteiger partial charge >= 0.3 is 0 Å². The van der Waals surface area contributed by atoms with Crippen LogP contribution in [0, 0.1) is 12.8 Å². The summed E-state index contributed by atoms with van der Waals surface area (Å²) in [6.45, 7) is 8.21. The fourth-order valence-electron chi connectivity index (χ4n) is 3.10. The largest absolute Gasteiger partial charge is 0.293 e. The Hall–Kier alpha value is -1.15. The van der Waals surface area contributed by atoms with Crippen molar-refractivity contribution in [1.29, 1.82) is 0 Å². The van der Waals surface area contributed by atoms with E-state index in [1.165, 1.54) is 37.7 Å². The van der Waals surface area contributed by atoms with Gasteiger partial charge in [-0.3, -0.25) is 9.69 Å². The fraction of sp³-hybridized carbons (Fsp3) is 0.632. The summed E-state index contributed by atoms with van der Waals surface area (Å²) in [5.74, 6) is 0.967. The van der Waals surface area contributed by atoms with Gasteiger partial charge in [0.05, 0.1) is 6.54 Å². The summed E-state index contributed by atoms with van der Waals surface area (Å²) in [6.07, 6.45) is 6.35. The normalized spacial score (nSPS) is 16.0. The number of hydrogen-bond donors (Lipinski definition) is 0. The molecule has 1 aromatic rings. The van der Waals surface area contributed by atoms with E-state index in [9.17, 15) is 4.79 Å². The third-order valence-electron chi connectivity index (χ3n) is 4.55. The average Bonchev–Trinajstić information content (AvgIpc) is 2.97. The van der Waals surface area contributed by atoms with Crippen molar-refractivity contribution in [3.05, 3.63) is 35.4 Å². The molecule has 0 saturated heterocycles. The molecule has 1 aliphatic carbocycles. The minimum Gasteiger partial charge on any atom is -0.293 e. The lowest BCUT2D eigenvalue weighted by molar-refractivity contribution is 0.0886. The zero-order valence-corrected chi connectivity index (χ0v) is 13.8. The Morgan fingerprint density at radius 2 is 1.81 bits per heavy atom. The van der Waals surface area contributed by atoms with Crippen molar-refractivity contribution in [3.63, 3.8) is 0 Å². The highest BCUT2D eigenvalue weighted by molar-refractivity contribution is 5.97. The van der Waals surface area contributed by atoms with Gasteiger partial charge in [0, 0.05) is 11.6 Å². The average molecular weight is 287 g/mol. The van der Waals surface area contributed by atoms with Crippen LogP contribution in [0.25, 0.3) is 0 Å². The number of nitrogens with zero attached hydrogens (tertiary/aromatic N) is 1. The number of rotatable bonds is 7.